The molecule has 2 fully saturated rings. The monoisotopic (exact) mass is 836 g/mol. The lowest BCUT2D eigenvalue weighted by molar-refractivity contribution is -0.138. The van der Waals surface area contributed by atoms with Crippen LogP contribution in [0.15, 0.2) is 37.4 Å². The lowest BCUT2D eigenvalue weighted by Gasteiger charge is -2.44. The van der Waals surface area contributed by atoms with Gasteiger partial charge in [0.05, 0.1) is 31.1 Å². The number of methoxy groups -OCH3 is 1. The molecule has 0 N–H and O–H groups in total. The van der Waals surface area contributed by atoms with Gasteiger partial charge in [0, 0.05) is 58.8 Å². The molecule has 60 heavy (non-hydrogen) atoms. The van der Waals surface area contributed by atoms with Gasteiger partial charge in [0.15, 0.2) is 11.6 Å². The summed E-state index contributed by atoms with van der Waals surface area (Å²) in [6.07, 6.45) is 3.49. The van der Waals surface area contributed by atoms with Crippen molar-refractivity contribution < 1.29 is 52.5 Å². The van der Waals surface area contributed by atoms with Crippen LogP contribution in [0.5, 0.6) is 11.5 Å². The Hall–Kier alpha value is -5.20. The largest absolute Gasteiger partial charge is 0.486 e. The fraction of sp³-hybridized carbons (Fsp3) is 0.574. The molecule has 0 saturated carbocycles. The topological polar surface area (TPSA) is 155 Å². The molecule has 13 nitrogen and oxygen atoms in total. The first kappa shape index (κ1) is 50.9. The molecule has 4 aliphatic heterocycles. The summed E-state index contributed by atoms with van der Waals surface area (Å²) in [5.41, 5.74) is 3.66. The average molecular weight is 837 g/mol. The van der Waals surface area contributed by atoms with E-state index in [4.69, 9.17) is 23.7 Å². The van der Waals surface area contributed by atoms with Crippen LogP contribution in [0.3, 0.4) is 0 Å². The van der Waals surface area contributed by atoms with Crippen molar-refractivity contribution in [1.29, 1.82) is 0 Å². The molecule has 0 unspecified atom stereocenters. The molecular formula is C47H68N2O11. The minimum absolute atomic E-state index is 0.134. The molecule has 2 aromatic carbocycles. The minimum Gasteiger partial charge on any atom is -0.486 e. The second kappa shape index (κ2) is 21.4. The molecule has 0 bridgehead atoms. The fourth-order valence-electron chi connectivity index (χ4n) is 6.97. The van der Waals surface area contributed by atoms with Gasteiger partial charge in [-0.25, -0.2) is 9.59 Å². The van der Waals surface area contributed by atoms with E-state index < -0.39 is 22.4 Å². The molecule has 2 saturated heterocycles. The van der Waals surface area contributed by atoms with E-state index in [0.29, 0.717) is 75.8 Å². The summed E-state index contributed by atoms with van der Waals surface area (Å²) >= 11 is 0. The van der Waals surface area contributed by atoms with E-state index in [9.17, 15) is 24.0 Å². The van der Waals surface area contributed by atoms with Gasteiger partial charge in [-0.05, 0) is 111 Å². The number of esters is 1. The van der Waals surface area contributed by atoms with Gasteiger partial charge in [-0.2, -0.15) is 0 Å². The summed E-state index contributed by atoms with van der Waals surface area (Å²) in [5.74, 6) is 1.47. The Morgan fingerprint density at radius 2 is 0.950 bits per heavy atom. The Balaban J connectivity index is 0.000000339. The third kappa shape index (κ3) is 13.9. The van der Waals surface area contributed by atoms with Gasteiger partial charge in [0.2, 0.25) is 0 Å². The van der Waals surface area contributed by atoms with Crippen LogP contribution in [-0.4, -0.2) is 102 Å². The van der Waals surface area contributed by atoms with Crippen LogP contribution in [0.1, 0.15) is 137 Å². The number of hydrogen-bond donors (Lipinski definition) is 0. The van der Waals surface area contributed by atoms with Gasteiger partial charge in [0.25, 0.3) is 0 Å². The summed E-state index contributed by atoms with van der Waals surface area (Å²) in [7, 11) is 1.35. The van der Waals surface area contributed by atoms with Crippen LogP contribution in [0.25, 0.3) is 0 Å². The number of Topliss-reactive ketones (excluding diaryl/α,β-unsaturated/α-hetero) is 2. The number of fused-ring (bicyclic) bond motifs is 2. The maximum atomic E-state index is 12.6. The van der Waals surface area contributed by atoms with Crippen molar-refractivity contribution in [3.05, 3.63) is 70.8 Å². The molecule has 332 valence electrons. The molecule has 4 aliphatic rings. The maximum absolute atomic E-state index is 12.6. The minimum atomic E-state index is -0.503. The van der Waals surface area contributed by atoms with Gasteiger partial charge in [-0.3, -0.25) is 14.4 Å². The third-order valence-electron chi connectivity index (χ3n) is 10.5. The number of amides is 2. The number of carbonyl (C=O) groups excluding carboxylic acids is 6. The highest BCUT2D eigenvalue weighted by Crippen LogP contribution is 2.43. The lowest BCUT2D eigenvalue weighted by atomic mass is 9.81. The Morgan fingerprint density at radius 3 is 1.20 bits per heavy atom. The normalized spacial score (nSPS) is 17.0. The van der Waals surface area contributed by atoms with E-state index in [1.165, 1.54) is 21.0 Å². The highest BCUT2D eigenvalue weighted by Gasteiger charge is 2.46. The molecule has 0 aromatic heterocycles. The number of benzene rings is 2. The molecule has 2 aromatic rings. The third-order valence-corrected chi connectivity index (χ3v) is 10.5. The van der Waals surface area contributed by atoms with Crippen LogP contribution in [0.4, 0.5) is 9.59 Å². The standard InChI is InChI=1S/2C20H27NO4.C3H6O2.C2H4O.C2H4/c2*1-13-6-7-15-16(22)12-20(24-17(15)14(13)2)8-10-21(11-9-20)18(23)25-19(3,4)5;1-3(4)5-2;1-2-3;1-2/h2*6-7H,8-12H2,1-5H3;1-2H3;2H,1H3;1-2H2. The predicted molar refractivity (Wildman–Crippen MR) is 231 cm³/mol. The number of ketones is 2. The zero-order chi connectivity index (χ0) is 45.8. The molecule has 0 aliphatic carbocycles. The first-order valence-corrected chi connectivity index (χ1v) is 20.4. The number of likely N-dealkylation sites (tertiary alicyclic amines) is 2. The number of aldehydes is 1. The molecule has 6 rings (SSSR count). The molecular weight excluding hydrogens is 769 g/mol. The zero-order valence-corrected chi connectivity index (χ0v) is 38.3. The summed E-state index contributed by atoms with van der Waals surface area (Å²) in [6, 6.07) is 7.67. The fourth-order valence-corrected chi connectivity index (χ4v) is 6.97. The Bertz CT molecular complexity index is 1730. The van der Waals surface area contributed by atoms with Gasteiger partial charge in [-0.15, -0.1) is 13.2 Å². The zero-order valence-electron chi connectivity index (χ0n) is 38.3. The first-order chi connectivity index (χ1) is 27.9. The summed E-state index contributed by atoms with van der Waals surface area (Å²) in [5, 5.41) is 0. The molecule has 2 amide bonds. The highest BCUT2D eigenvalue weighted by atomic mass is 16.6. The molecule has 13 heteroatoms. The summed E-state index contributed by atoms with van der Waals surface area (Å²) in [6.45, 7) is 30.2. The van der Waals surface area contributed by atoms with E-state index in [0.717, 1.165) is 40.0 Å². The Labute approximate surface area is 357 Å². The van der Waals surface area contributed by atoms with E-state index in [-0.39, 0.29) is 29.7 Å². The quantitative estimate of drug-likeness (QED) is 0.108. The second-order valence-corrected chi connectivity index (χ2v) is 17.4. The number of rotatable bonds is 0. The van der Waals surface area contributed by atoms with E-state index >= 15 is 0 Å². The van der Waals surface area contributed by atoms with Crippen LogP contribution >= 0.6 is 0 Å². The summed E-state index contributed by atoms with van der Waals surface area (Å²) in [4.78, 5) is 71.6. The maximum Gasteiger partial charge on any atom is 0.410 e. The van der Waals surface area contributed by atoms with Crippen molar-refractivity contribution in [3.8, 4) is 11.5 Å². The lowest BCUT2D eigenvalue weighted by Crippen LogP contribution is -2.53. The van der Waals surface area contributed by atoms with Crippen molar-refractivity contribution in [2.75, 3.05) is 33.3 Å². The first-order valence-electron chi connectivity index (χ1n) is 20.4. The van der Waals surface area contributed by atoms with Crippen molar-refractivity contribution in [2.45, 2.75) is 144 Å². The van der Waals surface area contributed by atoms with E-state index in [2.05, 4.69) is 17.9 Å². The number of nitrogens with zero attached hydrogens (tertiary/aromatic N) is 2. The van der Waals surface area contributed by atoms with Gasteiger partial charge in [0.1, 0.15) is 40.2 Å². The van der Waals surface area contributed by atoms with E-state index in [1.807, 2.05) is 93.5 Å². The van der Waals surface area contributed by atoms with E-state index in [1.54, 1.807) is 9.80 Å². The number of ether oxygens (including phenoxy) is 5. The smallest absolute Gasteiger partial charge is 0.410 e. The van der Waals surface area contributed by atoms with Crippen molar-refractivity contribution in [2.24, 2.45) is 0 Å². The van der Waals surface area contributed by atoms with Gasteiger partial charge in [-0.1, -0.05) is 12.1 Å². The molecule has 2 spiro atoms. The number of hydrogen-bond acceptors (Lipinski definition) is 11. The second-order valence-electron chi connectivity index (χ2n) is 17.4. The van der Waals surface area contributed by atoms with Crippen LogP contribution < -0.4 is 9.47 Å². The van der Waals surface area contributed by atoms with Gasteiger partial charge >= 0.3 is 18.2 Å². The van der Waals surface area contributed by atoms with Crippen LogP contribution in [0.2, 0.25) is 0 Å². The number of carbonyl (C=O) groups is 6. The molecule has 0 radical (unpaired) electrons. The molecule has 4 heterocycles. The van der Waals surface area contributed by atoms with Crippen molar-refractivity contribution in [3.63, 3.8) is 0 Å². The average Bonchev–Trinajstić information content (AvgIpc) is 3.16. The van der Waals surface area contributed by atoms with Crippen LogP contribution in [0, 0.1) is 27.7 Å². The number of piperidine rings is 2. The summed E-state index contributed by atoms with van der Waals surface area (Å²) < 4.78 is 27.7. The van der Waals surface area contributed by atoms with Crippen molar-refractivity contribution >= 4 is 36.0 Å². The predicted octanol–water partition coefficient (Wildman–Crippen LogP) is 9.26. The number of aryl methyl sites for hydroxylation is 2. The van der Waals surface area contributed by atoms with Gasteiger partial charge < -0.3 is 38.3 Å². The molecule has 0 atom stereocenters. The van der Waals surface area contributed by atoms with Crippen LogP contribution in [-0.2, 0) is 23.8 Å². The highest BCUT2D eigenvalue weighted by molar-refractivity contribution is 6.01. The Morgan fingerprint density at radius 1 is 0.667 bits per heavy atom. The SMILES string of the molecule is C=C.CC=O.COC(C)=O.Cc1ccc2c(c1C)OC1(CCN(C(=O)OC(C)(C)C)CC1)CC2=O.Cc1ccc2c(c1C)OC1(CCN(C(=O)OC(C)(C)C)CC1)CC2=O. The Kier molecular flexibility index (Phi) is 18.1. The van der Waals surface area contributed by atoms with Crippen molar-refractivity contribution in [1.82, 2.24) is 9.80 Å².